The van der Waals surface area contributed by atoms with E-state index < -0.39 is 28.1 Å². The fourth-order valence-electron chi connectivity index (χ4n) is 3.11. The lowest BCUT2D eigenvalue weighted by Crippen LogP contribution is -2.51. The van der Waals surface area contributed by atoms with E-state index in [1.54, 1.807) is 6.20 Å². The standard InChI is InChI=1S/C19H22N2O6S/c1-13-14(3-2-10-20-13)12-27-16-5-7-17(8-6-16)28(25,26)21-11-15(22)4-9-18(21)19(23)24/h2-3,5-8,10,15,18,22H,4,9,11-12H2,1H3,(H,23,24). The molecular formula is C19H22N2O6S. The number of nitrogens with zero attached hydrogens (tertiary/aromatic N) is 2. The Morgan fingerprint density at radius 3 is 2.61 bits per heavy atom. The van der Waals surface area contributed by atoms with Crippen LogP contribution in [0.3, 0.4) is 0 Å². The Morgan fingerprint density at radius 2 is 1.96 bits per heavy atom. The molecule has 1 fully saturated rings. The maximum atomic E-state index is 12.9. The number of aliphatic hydroxyl groups excluding tert-OH is 1. The molecular weight excluding hydrogens is 384 g/mol. The summed E-state index contributed by atoms with van der Waals surface area (Å²) < 4.78 is 32.3. The van der Waals surface area contributed by atoms with Crippen molar-refractivity contribution in [2.75, 3.05) is 6.54 Å². The van der Waals surface area contributed by atoms with Gasteiger partial charge in [0.05, 0.1) is 11.0 Å². The van der Waals surface area contributed by atoms with Gasteiger partial charge < -0.3 is 14.9 Å². The van der Waals surface area contributed by atoms with Crippen molar-refractivity contribution in [2.45, 2.75) is 43.4 Å². The number of carbonyl (C=O) groups is 1. The summed E-state index contributed by atoms with van der Waals surface area (Å²) >= 11 is 0. The molecule has 2 atom stereocenters. The molecule has 1 aromatic carbocycles. The van der Waals surface area contributed by atoms with Crippen LogP contribution in [-0.4, -0.2) is 52.6 Å². The van der Waals surface area contributed by atoms with Gasteiger partial charge in [0, 0.05) is 24.0 Å². The lowest BCUT2D eigenvalue weighted by atomic mass is 10.0. The Hall–Kier alpha value is -2.49. The van der Waals surface area contributed by atoms with E-state index in [0.717, 1.165) is 15.6 Å². The molecule has 0 radical (unpaired) electrons. The highest BCUT2D eigenvalue weighted by Crippen LogP contribution is 2.27. The summed E-state index contributed by atoms with van der Waals surface area (Å²) in [4.78, 5) is 15.6. The average Bonchev–Trinajstić information content (AvgIpc) is 2.67. The van der Waals surface area contributed by atoms with E-state index in [1.807, 2.05) is 19.1 Å². The third kappa shape index (κ3) is 4.32. The van der Waals surface area contributed by atoms with Crippen molar-refractivity contribution in [1.29, 1.82) is 0 Å². The minimum atomic E-state index is -4.05. The first kappa shape index (κ1) is 20.2. The molecule has 1 aliphatic heterocycles. The Kier molecular flexibility index (Phi) is 5.97. The number of hydrogen-bond acceptors (Lipinski definition) is 6. The molecule has 2 aromatic rings. The van der Waals surface area contributed by atoms with Crippen molar-refractivity contribution >= 4 is 16.0 Å². The molecule has 9 heteroatoms. The summed E-state index contributed by atoms with van der Waals surface area (Å²) in [5.74, 6) is -0.738. The third-order valence-electron chi connectivity index (χ3n) is 4.74. The van der Waals surface area contributed by atoms with Gasteiger partial charge >= 0.3 is 5.97 Å². The van der Waals surface area contributed by atoms with Gasteiger partial charge in [-0.25, -0.2) is 8.42 Å². The van der Waals surface area contributed by atoms with Gasteiger partial charge in [0.25, 0.3) is 0 Å². The van der Waals surface area contributed by atoms with Crippen LogP contribution < -0.4 is 4.74 Å². The molecule has 1 aromatic heterocycles. The summed E-state index contributed by atoms with van der Waals surface area (Å²) in [6, 6.07) is 8.32. The van der Waals surface area contributed by atoms with Crippen molar-refractivity contribution in [3.05, 3.63) is 53.9 Å². The first-order valence-corrected chi connectivity index (χ1v) is 10.3. The number of carboxylic acid groups (broad SMARTS) is 1. The maximum absolute atomic E-state index is 12.9. The second kappa shape index (κ2) is 8.26. The topological polar surface area (TPSA) is 117 Å². The second-order valence-electron chi connectivity index (χ2n) is 6.67. The second-order valence-corrected chi connectivity index (χ2v) is 8.56. The molecule has 0 amide bonds. The number of sulfonamides is 1. The number of ether oxygens (including phenoxy) is 1. The highest BCUT2D eigenvalue weighted by Gasteiger charge is 2.40. The van der Waals surface area contributed by atoms with E-state index in [9.17, 15) is 23.4 Å². The fraction of sp³-hybridized carbons (Fsp3) is 0.368. The van der Waals surface area contributed by atoms with Crippen molar-refractivity contribution < 1.29 is 28.2 Å². The molecule has 2 N–H and O–H groups in total. The minimum Gasteiger partial charge on any atom is -0.489 e. The summed E-state index contributed by atoms with van der Waals surface area (Å²) in [5.41, 5.74) is 1.77. The Labute approximate surface area is 163 Å². The van der Waals surface area contributed by atoms with E-state index >= 15 is 0 Å². The summed E-state index contributed by atoms with van der Waals surface area (Å²) in [6.45, 7) is 1.93. The van der Waals surface area contributed by atoms with Gasteiger partial charge in [-0.1, -0.05) is 6.07 Å². The van der Waals surface area contributed by atoms with E-state index in [0.29, 0.717) is 12.4 Å². The largest absolute Gasteiger partial charge is 0.489 e. The monoisotopic (exact) mass is 406 g/mol. The van der Waals surface area contributed by atoms with Crippen LogP contribution in [-0.2, 0) is 21.4 Å². The van der Waals surface area contributed by atoms with Crippen LogP contribution in [0.15, 0.2) is 47.5 Å². The molecule has 3 rings (SSSR count). The Morgan fingerprint density at radius 1 is 1.25 bits per heavy atom. The quantitative estimate of drug-likeness (QED) is 0.748. The van der Waals surface area contributed by atoms with Crippen LogP contribution in [0.4, 0.5) is 0 Å². The first-order chi connectivity index (χ1) is 13.3. The number of aromatic nitrogens is 1. The molecule has 2 unspecified atom stereocenters. The predicted octanol–water partition coefficient (Wildman–Crippen LogP) is 1.57. The number of hydrogen-bond donors (Lipinski definition) is 2. The Balaban J connectivity index is 1.76. The van der Waals surface area contributed by atoms with E-state index in [2.05, 4.69) is 4.98 Å². The zero-order chi connectivity index (χ0) is 20.3. The lowest BCUT2D eigenvalue weighted by molar-refractivity contribution is -0.143. The SMILES string of the molecule is Cc1ncccc1COc1ccc(S(=O)(=O)N2CC(O)CCC2C(=O)O)cc1. The number of pyridine rings is 1. The number of aliphatic hydroxyl groups is 1. The molecule has 0 spiro atoms. The van der Waals surface area contributed by atoms with Crippen LogP contribution in [0.5, 0.6) is 5.75 Å². The molecule has 0 bridgehead atoms. The fourth-order valence-corrected chi connectivity index (χ4v) is 4.76. The van der Waals surface area contributed by atoms with Crippen molar-refractivity contribution in [3.8, 4) is 5.75 Å². The van der Waals surface area contributed by atoms with Crippen LogP contribution in [0.25, 0.3) is 0 Å². The summed E-state index contributed by atoms with van der Waals surface area (Å²) in [6.07, 6.45) is 1.14. The van der Waals surface area contributed by atoms with Gasteiger partial charge in [-0.2, -0.15) is 4.31 Å². The first-order valence-electron chi connectivity index (χ1n) is 8.85. The average molecular weight is 406 g/mol. The molecule has 0 aliphatic carbocycles. The summed E-state index contributed by atoms with van der Waals surface area (Å²) in [7, 11) is -4.05. The van der Waals surface area contributed by atoms with Crippen molar-refractivity contribution in [3.63, 3.8) is 0 Å². The Bertz CT molecular complexity index is 945. The van der Waals surface area contributed by atoms with Crippen molar-refractivity contribution in [2.24, 2.45) is 0 Å². The minimum absolute atomic E-state index is 0.0437. The van der Waals surface area contributed by atoms with Crippen LogP contribution in [0.2, 0.25) is 0 Å². The molecule has 2 heterocycles. The van der Waals surface area contributed by atoms with E-state index in [1.165, 1.54) is 24.3 Å². The molecule has 1 aliphatic rings. The lowest BCUT2D eigenvalue weighted by Gasteiger charge is -2.34. The summed E-state index contributed by atoms with van der Waals surface area (Å²) in [5, 5.41) is 19.1. The van der Waals surface area contributed by atoms with Crippen molar-refractivity contribution in [1.82, 2.24) is 9.29 Å². The molecule has 1 saturated heterocycles. The predicted molar refractivity (Wildman–Crippen MR) is 100 cm³/mol. The number of rotatable bonds is 6. The van der Waals surface area contributed by atoms with Gasteiger partial charge in [0.2, 0.25) is 10.0 Å². The number of carboxylic acids is 1. The van der Waals surface area contributed by atoms with E-state index in [-0.39, 0.29) is 24.3 Å². The normalized spacial score (nSPS) is 20.6. The van der Waals surface area contributed by atoms with Gasteiger partial charge in [0.15, 0.2) is 0 Å². The number of β-amino-alcohol motifs (C(OH)–C–C–N with tert-alkyl or cyclic N) is 1. The highest BCUT2D eigenvalue weighted by atomic mass is 32.2. The van der Waals surface area contributed by atoms with Crippen LogP contribution >= 0.6 is 0 Å². The smallest absolute Gasteiger partial charge is 0.322 e. The third-order valence-corrected chi connectivity index (χ3v) is 6.63. The number of aryl methyl sites for hydroxylation is 1. The number of benzene rings is 1. The molecule has 8 nitrogen and oxygen atoms in total. The zero-order valence-corrected chi connectivity index (χ0v) is 16.2. The number of aliphatic carboxylic acids is 1. The molecule has 150 valence electrons. The van der Waals surface area contributed by atoms with Crippen LogP contribution in [0, 0.1) is 6.92 Å². The zero-order valence-electron chi connectivity index (χ0n) is 15.4. The van der Waals surface area contributed by atoms with E-state index in [4.69, 9.17) is 4.74 Å². The van der Waals surface area contributed by atoms with Gasteiger partial charge in [-0.15, -0.1) is 0 Å². The van der Waals surface area contributed by atoms with Gasteiger partial charge in [-0.05, 0) is 50.1 Å². The maximum Gasteiger partial charge on any atom is 0.322 e. The van der Waals surface area contributed by atoms with Gasteiger partial charge in [0.1, 0.15) is 18.4 Å². The number of piperidine rings is 1. The van der Waals surface area contributed by atoms with Gasteiger partial charge in [-0.3, -0.25) is 9.78 Å². The molecule has 0 saturated carbocycles. The highest BCUT2D eigenvalue weighted by molar-refractivity contribution is 7.89. The molecule has 28 heavy (non-hydrogen) atoms. The van der Waals surface area contributed by atoms with Crippen LogP contribution in [0.1, 0.15) is 24.1 Å².